The van der Waals surface area contributed by atoms with E-state index in [0.717, 1.165) is 5.69 Å². The van der Waals surface area contributed by atoms with Crippen LogP contribution < -0.4 is 10.6 Å². The fraction of sp³-hybridized carbons (Fsp3) is 0.588. The normalized spacial score (nSPS) is 17.8. The summed E-state index contributed by atoms with van der Waals surface area (Å²) in [7, 11) is 1.84. The largest absolute Gasteiger partial charge is 0.381 e. The molecule has 21 heavy (non-hydrogen) atoms. The molecular weight excluding hydrogens is 264 g/mol. The summed E-state index contributed by atoms with van der Waals surface area (Å²) >= 11 is 0. The number of benzene rings is 1. The van der Waals surface area contributed by atoms with Gasteiger partial charge in [0.1, 0.15) is 0 Å². The van der Waals surface area contributed by atoms with Crippen LogP contribution in [0.2, 0.25) is 0 Å². The Morgan fingerprint density at radius 1 is 1.38 bits per heavy atom. The van der Waals surface area contributed by atoms with E-state index in [9.17, 15) is 4.79 Å². The number of anilines is 1. The number of hydrogen-bond donors (Lipinski definition) is 1. The van der Waals surface area contributed by atoms with Crippen molar-refractivity contribution in [3.05, 3.63) is 29.8 Å². The van der Waals surface area contributed by atoms with E-state index in [1.165, 1.54) is 5.56 Å². The summed E-state index contributed by atoms with van der Waals surface area (Å²) in [6.07, 6.45) is 1.41. The van der Waals surface area contributed by atoms with E-state index < -0.39 is 5.41 Å². The first-order valence-electron chi connectivity index (χ1n) is 7.66. The summed E-state index contributed by atoms with van der Waals surface area (Å²) in [6.45, 7) is 5.91. The van der Waals surface area contributed by atoms with Crippen LogP contribution in [0.1, 0.15) is 38.2 Å². The number of nitrogens with two attached hydrogens (primary N) is 1. The topological polar surface area (TPSA) is 55.6 Å². The predicted molar refractivity (Wildman–Crippen MR) is 85.5 cm³/mol. The van der Waals surface area contributed by atoms with Gasteiger partial charge in [-0.05, 0) is 36.5 Å². The number of ether oxygens (including phenoxy) is 1. The first kappa shape index (κ1) is 16.0. The van der Waals surface area contributed by atoms with Gasteiger partial charge in [-0.2, -0.15) is 0 Å². The van der Waals surface area contributed by atoms with E-state index in [4.69, 9.17) is 10.5 Å². The Hall–Kier alpha value is -1.39. The highest BCUT2D eigenvalue weighted by molar-refractivity contribution is 5.97. The zero-order chi connectivity index (χ0) is 15.5. The van der Waals surface area contributed by atoms with Crippen molar-refractivity contribution in [2.24, 2.45) is 11.1 Å². The zero-order valence-corrected chi connectivity index (χ0v) is 13.3. The minimum Gasteiger partial charge on any atom is -0.381 e. The predicted octanol–water partition coefficient (Wildman–Crippen LogP) is 2.53. The van der Waals surface area contributed by atoms with Gasteiger partial charge in [0.2, 0.25) is 5.91 Å². The van der Waals surface area contributed by atoms with Crippen LogP contribution in [0.4, 0.5) is 5.69 Å². The Balaban J connectivity index is 2.23. The molecule has 1 aliphatic rings. The molecule has 0 radical (unpaired) electrons. The molecule has 0 atom stereocenters. The smallest absolute Gasteiger partial charge is 0.234 e. The van der Waals surface area contributed by atoms with Gasteiger partial charge in [-0.1, -0.05) is 26.0 Å². The lowest BCUT2D eigenvalue weighted by molar-refractivity contribution is -0.132. The average Bonchev–Trinajstić information content (AvgIpc) is 2.54. The van der Waals surface area contributed by atoms with E-state index in [0.29, 0.717) is 38.5 Å². The van der Waals surface area contributed by atoms with E-state index in [1.807, 2.05) is 19.2 Å². The quantitative estimate of drug-likeness (QED) is 0.927. The highest BCUT2D eigenvalue weighted by atomic mass is 16.5. The van der Waals surface area contributed by atoms with E-state index in [2.05, 4.69) is 26.0 Å². The second-order valence-corrected chi connectivity index (χ2v) is 6.21. The molecule has 116 valence electrons. The molecule has 1 amide bonds. The minimum absolute atomic E-state index is 0.106. The summed E-state index contributed by atoms with van der Waals surface area (Å²) in [4.78, 5) is 14.7. The Bertz CT molecular complexity index is 493. The fourth-order valence-electron chi connectivity index (χ4n) is 2.83. The number of carbonyl (C=O) groups is 1. The highest BCUT2D eigenvalue weighted by Crippen LogP contribution is 2.33. The van der Waals surface area contributed by atoms with Gasteiger partial charge in [-0.3, -0.25) is 4.79 Å². The summed E-state index contributed by atoms with van der Waals surface area (Å²) in [5, 5.41) is 0. The molecule has 0 aliphatic carbocycles. The van der Waals surface area contributed by atoms with Crippen LogP contribution in [0.15, 0.2) is 24.3 Å². The monoisotopic (exact) mass is 290 g/mol. The molecule has 4 heteroatoms. The molecule has 0 unspecified atom stereocenters. The molecule has 0 bridgehead atoms. The Morgan fingerprint density at radius 2 is 2.05 bits per heavy atom. The van der Waals surface area contributed by atoms with Crippen molar-refractivity contribution >= 4 is 11.6 Å². The Morgan fingerprint density at radius 3 is 2.62 bits per heavy atom. The van der Waals surface area contributed by atoms with Crippen LogP contribution >= 0.6 is 0 Å². The third kappa shape index (κ3) is 3.27. The van der Waals surface area contributed by atoms with Gasteiger partial charge in [-0.25, -0.2) is 0 Å². The maximum Gasteiger partial charge on any atom is 0.234 e. The molecule has 1 fully saturated rings. The van der Waals surface area contributed by atoms with Gasteiger partial charge in [0, 0.05) is 32.5 Å². The van der Waals surface area contributed by atoms with Crippen LogP contribution in [0.25, 0.3) is 0 Å². The van der Waals surface area contributed by atoms with Gasteiger partial charge in [-0.15, -0.1) is 0 Å². The van der Waals surface area contributed by atoms with Crippen molar-refractivity contribution in [1.29, 1.82) is 0 Å². The van der Waals surface area contributed by atoms with E-state index >= 15 is 0 Å². The molecule has 2 N–H and O–H groups in total. The van der Waals surface area contributed by atoms with Crippen molar-refractivity contribution in [1.82, 2.24) is 0 Å². The number of rotatable bonds is 4. The second kappa shape index (κ2) is 6.58. The Kier molecular flexibility index (Phi) is 5.01. The van der Waals surface area contributed by atoms with Gasteiger partial charge in [0.05, 0.1) is 5.41 Å². The summed E-state index contributed by atoms with van der Waals surface area (Å²) < 4.78 is 5.39. The molecule has 0 aromatic heterocycles. The first-order chi connectivity index (χ1) is 10.00. The molecule has 4 nitrogen and oxygen atoms in total. The van der Waals surface area contributed by atoms with Crippen LogP contribution in [-0.4, -0.2) is 32.7 Å². The number of amides is 1. The molecule has 2 rings (SSSR count). The van der Waals surface area contributed by atoms with Gasteiger partial charge in [0.15, 0.2) is 0 Å². The molecule has 1 saturated heterocycles. The molecular formula is C17H26N2O2. The third-order valence-electron chi connectivity index (χ3n) is 4.52. The number of nitrogens with zero attached hydrogens (tertiary/aromatic N) is 1. The van der Waals surface area contributed by atoms with Crippen molar-refractivity contribution < 1.29 is 9.53 Å². The van der Waals surface area contributed by atoms with Crippen molar-refractivity contribution in [2.75, 3.05) is 31.7 Å². The lowest BCUT2D eigenvalue weighted by atomic mass is 9.79. The molecule has 0 saturated carbocycles. The molecule has 1 aromatic rings. The van der Waals surface area contributed by atoms with Crippen LogP contribution in [-0.2, 0) is 9.53 Å². The third-order valence-corrected chi connectivity index (χ3v) is 4.52. The highest BCUT2D eigenvalue weighted by Gasteiger charge is 2.40. The summed E-state index contributed by atoms with van der Waals surface area (Å²) in [6, 6.07) is 8.17. The average molecular weight is 290 g/mol. The van der Waals surface area contributed by atoms with Gasteiger partial charge < -0.3 is 15.4 Å². The lowest BCUT2D eigenvalue weighted by Gasteiger charge is -2.37. The van der Waals surface area contributed by atoms with Crippen molar-refractivity contribution in [3.8, 4) is 0 Å². The molecule has 1 aliphatic heterocycles. The van der Waals surface area contributed by atoms with Crippen LogP contribution in [0.5, 0.6) is 0 Å². The zero-order valence-electron chi connectivity index (χ0n) is 13.3. The molecule has 1 aromatic carbocycles. The van der Waals surface area contributed by atoms with Crippen LogP contribution in [0.3, 0.4) is 0 Å². The summed E-state index contributed by atoms with van der Waals surface area (Å²) in [5.41, 5.74) is 7.63. The van der Waals surface area contributed by atoms with E-state index in [-0.39, 0.29) is 5.91 Å². The summed E-state index contributed by atoms with van der Waals surface area (Å²) in [5.74, 6) is 0.550. The van der Waals surface area contributed by atoms with Crippen molar-refractivity contribution in [2.45, 2.75) is 32.6 Å². The molecule has 1 heterocycles. The minimum atomic E-state index is -0.471. The number of hydrogen-bond acceptors (Lipinski definition) is 3. The maximum absolute atomic E-state index is 12.9. The van der Waals surface area contributed by atoms with E-state index in [1.54, 1.807) is 4.90 Å². The first-order valence-corrected chi connectivity index (χ1v) is 7.66. The standard InChI is InChI=1S/C17H26N2O2/c1-13(2)14-5-4-6-15(11-14)19(3)16(20)17(12-18)7-9-21-10-8-17/h4-6,11,13H,7-10,12,18H2,1-3H3. The fourth-order valence-corrected chi connectivity index (χ4v) is 2.83. The van der Waals surface area contributed by atoms with Crippen LogP contribution in [0, 0.1) is 5.41 Å². The second-order valence-electron chi connectivity index (χ2n) is 6.21. The molecule has 0 spiro atoms. The number of carbonyl (C=O) groups excluding carboxylic acids is 1. The maximum atomic E-state index is 12.9. The SMILES string of the molecule is CC(C)c1cccc(N(C)C(=O)C2(CN)CCOCC2)c1. The van der Waals surface area contributed by atoms with Crippen molar-refractivity contribution in [3.63, 3.8) is 0 Å². The Labute approximate surface area is 127 Å². The lowest BCUT2D eigenvalue weighted by Crippen LogP contribution is -2.49. The van der Waals surface area contributed by atoms with Gasteiger partial charge in [0.25, 0.3) is 0 Å². The van der Waals surface area contributed by atoms with Gasteiger partial charge >= 0.3 is 0 Å².